The minimum atomic E-state index is -0.924. The van der Waals surface area contributed by atoms with Crippen LogP contribution in [0, 0.1) is 5.92 Å². The predicted molar refractivity (Wildman–Crippen MR) is 100 cm³/mol. The van der Waals surface area contributed by atoms with E-state index in [0.717, 1.165) is 44.6 Å². The average Bonchev–Trinajstić information content (AvgIpc) is 2.67. The van der Waals surface area contributed by atoms with Gasteiger partial charge in [0.15, 0.2) is 11.0 Å². The van der Waals surface area contributed by atoms with Gasteiger partial charge in [0, 0.05) is 13.1 Å². The van der Waals surface area contributed by atoms with Crippen molar-refractivity contribution in [3.8, 4) is 5.75 Å². The molecule has 0 unspecified atom stereocenters. The van der Waals surface area contributed by atoms with Gasteiger partial charge >= 0.3 is 5.97 Å². The zero-order valence-corrected chi connectivity index (χ0v) is 15.2. The first-order chi connectivity index (χ1) is 12.6. The third-order valence-electron chi connectivity index (χ3n) is 4.68. The Labute approximate surface area is 157 Å². The van der Waals surface area contributed by atoms with Crippen molar-refractivity contribution in [2.24, 2.45) is 5.92 Å². The van der Waals surface area contributed by atoms with Crippen molar-refractivity contribution in [1.82, 2.24) is 10.2 Å². The highest BCUT2D eigenvalue weighted by molar-refractivity contribution is 6.29. The molecule has 2 heterocycles. The minimum absolute atomic E-state index is 0.273. The highest BCUT2D eigenvalue weighted by atomic mass is 35.5. The molecule has 3 rings (SSSR count). The summed E-state index contributed by atoms with van der Waals surface area (Å²) in [5.74, 6) is 1.38. The lowest BCUT2D eigenvalue weighted by molar-refractivity contribution is 0.0697. The van der Waals surface area contributed by atoms with Gasteiger partial charge in [-0.15, -0.1) is 10.2 Å². The van der Waals surface area contributed by atoms with Crippen LogP contribution in [-0.2, 0) is 0 Å². The molecular weight excluding hydrogens is 354 g/mol. The molecule has 0 amide bonds. The van der Waals surface area contributed by atoms with Crippen LogP contribution < -0.4 is 9.64 Å². The molecule has 0 aliphatic carbocycles. The fraction of sp³-hybridized carbons (Fsp3) is 0.421. The molecule has 7 heteroatoms. The summed E-state index contributed by atoms with van der Waals surface area (Å²) >= 11 is 5.78. The Morgan fingerprint density at radius 3 is 2.50 bits per heavy atom. The van der Waals surface area contributed by atoms with Gasteiger partial charge in [-0.2, -0.15) is 0 Å². The van der Waals surface area contributed by atoms with E-state index in [1.165, 1.54) is 0 Å². The summed E-state index contributed by atoms with van der Waals surface area (Å²) in [6.45, 7) is 2.62. The van der Waals surface area contributed by atoms with Crippen LogP contribution in [0.15, 0.2) is 36.4 Å². The second-order valence-corrected chi connectivity index (χ2v) is 6.85. The SMILES string of the molecule is O=C(O)c1ccc(OCCCC2CCN(c3ccc(Cl)nn3)CC2)cc1. The summed E-state index contributed by atoms with van der Waals surface area (Å²) in [5.41, 5.74) is 0.273. The van der Waals surface area contributed by atoms with Crippen molar-refractivity contribution in [3.05, 3.63) is 47.1 Å². The van der Waals surface area contributed by atoms with Crippen LogP contribution in [-0.4, -0.2) is 41.0 Å². The van der Waals surface area contributed by atoms with Gasteiger partial charge in [0.25, 0.3) is 0 Å². The number of halogens is 1. The molecule has 1 saturated heterocycles. The molecule has 2 aromatic rings. The number of aromatic nitrogens is 2. The van der Waals surface area contributed by atoms with E-state index in [2.05, 4.69) is 15.1 Å². The van der Waals surface area contributed by atoms with E-state index in [1.807, 2.05) is 6.07 Å². The van der Waals surface area contributed by atoms with E-state index in [4.69, 9.17) is 21.4 Å². The molecule has 6 nitrogen and oxygen atoms in total. The molecule has 1 aliphatic rings. The Morgan fingerprint density at radius 1 is 1.15 bits per heavy atom. The number of carboxylic acids is 1. The lowest BCUT2D eigenvalue weighted by Crippen LogP contribution is -2.34. The number of piperidine rings is 1. The number of benzene rings is 1. The van der Waals surface area contributed by atoms with Crippen molar-refractivity contribution in [1.29, 1.82) is 0 Å². The van der Waals surface area contributed by atoms with Crippen LogP contribution in [0.1, 0.15) is 36.0 Å². The number of hydrogen-bond donors (Lipinski definition) is 1. The maximum Gasteiger partial charge on any atom is 0.335 e. The number of aromatic carboxylic acids is 1. The Hall–Kier alpha value is -2.34. The fourth-order valence-electron chi connectivity index (χ4n) is 3.18. The molecule has 0 saturated carbocycles. The van der Waals surface area contributed by atoms with Crippen molar-refractivity contribution in [2.75, 3.05) is 24.6 Å². The number of carboxylic acid groups (broad SMARTS) is 1. The van der Waals surface area contributed by atoms with Crippen LogP contribution in [0.3, 0.4) is 0 Å². The van der Waals surface area contributed by atoms with E-state index in [0.29, 0.717) is 23.4 Å². The van der Waals surface area contributed by atoms with Crippen LogP contribution in [0.5, 0.6) is 5.75 Å². The lowest BCUT2D eigenvalue weighted by atomic mass is 9.92. The smallest absolute Gasteiger partial charge is 0.335 e. The molecule has 1 fully saturated rings. The third-order valence-corrected chi connectivity index (χ3v) is 4.88. The summed E-state index contributed by atoms with van der Waals surface area (Å²) in [6.07, 6.45) is 4.40. The van der Waals surface area contributed by atoms with E-state index < -0.39 is 5.97 Å². The molecular formula is C19H22ClN3O3. The van der Waals surface area contributed by atoms with E-state index >= 15 is 0 Å². The predicted octanol–water partition coefficient (Wildman–Crippen LogP) is 3.90. The number of ether oxygens (including phenoxy) is 1. The molecule has 0 bridgehead atoms. The molecule has 1 aromatic heterocycles. The largest absolute Gasteiger partial charge is 0.494 e. The Bertz CT molecular complexity index is 714. The van der Waals surface area contributed by atoms with Gasteiger partial charge in [-0.3, -0.25) is 0 Å². The molecule has 0 radical (unpaired) electrons. The van der Waals surface area contributed by atoms with Crippen molar-refractivity contribution >= 4 is 23.4 Å². The standard InChI is InChI=1S/C19H22ClN3O3/c20-17-7-8-18(22-21-17)23-11-9-14(10-12-23)2-1-13-26-16-5-3-15(4-6-16)19(24)25/h3-8,14H,1-2,9-13H2,(H,24,25). The normalized spacial score (nSPS) is 15.0. The lowest BCUT2D eigenvalue weighted by Gasteiger charge is -2.32. The Balaban J connectivity index is 1.35. The number of hydrogen-bond acceptors (Lipinski definition) is 5. The summed E-state index contributed by atoms with van der Waals surface area (Å²) in [5, 5.41) is 17.3. The van der Waals surface area contributed by atoms with Gasteiger partial charge < -0.3 is 14.7 Å². The second-order valence-electron chi connectivity index (χ2n) is 6.46. The maximum atomic E-state index is 10.8. The van der Waals surface area contributed by atoms with Gasteiger partial charge in [0.05, 0.1) is 12.2 Å². The second kappa shape index (κ2) is 8.85. The van der Waals surface area contributed by atoms with Crippen LogP contribution in [0.4, 0.5) is 5.82 Å². The number of anilines is 1. The number of rotatable bonds is 7. The molecule has 26 heavy (non-hydrogen) atoms. The van der Waals surface area contributed by atoms with Gasteiger partial charge in [-0.1, -0.05) is 11.6 Å². The topological polar surface area (TPSA) is 75.6 Å². The quantitative estimate of drug-likeness (QED) is 0.739. The van der Waals surface area contributed by atoms with Crippen LogP contribution in [0.2, 0.25) is 5.15 Å². The first-order valence-electron chi connectivity index (χ1n) is 8.82. The molecule has 1 aliphatic heterocycles. The highest BCUT2D eigenvalue weighted by Gasteiger charge is 2.20. The summed E-state index contributed by atoms with van der Waals surface area (Å²) in [4.78, 5) is 13.1. The molecule has 1 aromatic carbocycles. The van der Waals surface area contributed by atoms with Crippen LogP contribution in [0.25, 0.3) is 0 Å². The zero-order valence-electron chi connectivity index (χ0n) is 14.5. The third kappa shape index (κ3) is 5.08. The van der Waals surface area contributed by atoms with Crippen molar-refractivity contribution < 1.29 is 14.6 Å². The maximum absolute atomic E-state index is 10.8. The van der Waals surface area contributed by atoms with Crippen LogP contribution >= 0.6 is 11.6 Å². The van der Waals surface area contributed by atoms with Gasteiger partial charge in [0.1, 0.15) is 5.75 Å². The van der Waals surface area contributed by atoms with E-state index in [-0.39, 0.29) is 5.56 Å². The first kappa shape index (κ1) is 18.5. The molecule has 138 valence electrons. The van der Waals surface area contributed by atoms with Crippen molar-refractivity contribution in [3.63, 3.8) is 0 Å². The summed E-state index contributed by atoms with van der Waals surface area (Å²) in [6, 6.07) is 10.2. The van der Waals surface area contributed by atoms with Crippen molar-refractivity contribution in [2.45, 2.75) is 25.7 Å². The van der Waals surface area contributed by atoms with Gasteiger partial charge in [-0.05, 0) is 68.0 Å². The van der Waals surface area contributed by atoms with E-state index in [1.54, 1.807) is 30.3 Å². The first-order valence-corrected chi connectivity index (χ1v) is 9.20. The Morgan fingerprint density at radius 2 is 1.88 bits per heavy atom. The number of nitrogens with zero attached hydrogens (tertiary/aromatic N) is 3. The number of carbonyl (C=O) groups is 1. The Kier molecular flexibility index (Phi) is 6.28. The highest BCUT2D eigenvalue weighted by Crippen LogP contribution is 2.25. The summed E-state index contributed by atoms with van der Waals surface area (Å²) in [7, 11) is 0. The summed E-state index contributed by atoms with van der Waals surface area (Å²) < 4.78 is 5.70. The van der Waals surface area contributed by atoms with E-state index in [9.17, 15) is 4.79 Å². The van der Waals surface area contributed by atoms with Gasteiger partial charge in [0.2, 0.25) is 0 Å². The monoisotopic (exact) mass is 375 g/mol. The fourth-order valence-corrected chi connectivity index (χ4v) is 3.28. The molecule has 0 spiro atoms. The minimum Gasteiger partial charge on any atom is -0.494 e. The zero-order chi connectivity index (χ0) is 18.4. The molecule has 1 N–H and O–H groups in total. The van der Waals surface area contributed by atoms with Gasteiger partial charge in [-0.25, -0.2) is 4.79 Å². The average molecular weight is 376 g/mol. The molecule has 0 atom stereocenters.